The molecule has 2 atom stereocenters. The van der Waals surface area contributed by atoms with Crippen molar-refractivity contribution in [3.05, 3.63) is 11.5 Å². The molecule has 2 heteroatoms. The van der Waals surface area contributed by atoms with Crippen molar-refractivity contribution in [2.45, 2.75) is 64.9 Å². The van der Waals surface area contributed by atoms with Gasteiger partial charge in [-0.3, -0.25) is 0 Å². The third-order valence-electron chi connectivity index (χ3n) is 3.65. The second-order valence-corrected chi connectivity index (χ2v) is 5.57. The lowest BCUT2D eigenvalue weighted by atomic mass is 9.84. The molecule has 0 saturated heterocycles. The lowest BCUT2D eigenvalue weighted by Gasteiger charge is -2.28. The Morgan fingerprint density at radius 2 is 1.88 bits per heavy atom. The fraction of sp³-hybridized carbons (Fsp3) is 0.867. The highest BCUT2D eigenvalue weighted by Crippen LogP contribution is 2.40. The first-order valence-electron chi connectivity index (χ1n) is 7.17. The highest BCUT2D eigenvalue weighted by atomic mass is 32.1. The zero-order valence-electron chi connectivity index (χ0n) is 11.4. The van der Waals surface area contributed by atoms with Crippen LogP contribution in [0.3, 0.4) is 0 Å². The van der Waals surface area contributed by atoms with E-state index in [0.717, 1.165) is 18.4 Å². The Morgan fingerprint density at radius 3 is 2.41 bits per heavy atom. The molecule has 0 aromatic rings. The molecule has 1 nitrogen and oxygen atoms in total. The molecule has 0 aromatic heterocycles. The van der Waals surface area contributed by atoms with E-state index in [4.69, 9.17) is 4.74 Å². The zero-order chi connectivity index (χ0) is 12.5. The maximum absolute atomic E-state index is 5.72. The lowest BCUT2D eigenvalue weighted by Crippen LogP contribution is -2.23. The average Bonchev–Trinajstić information content (AvgIpc) is 3.14. The van der Waals surface area contributed by atoms with Crippen LogP contribution in [0.4, 0.5) is 0 Å². The molecule has 0 heterocycles. The molecule has 2 aliphatic rings. The summed E-state index contributed by atoms with van der Waals surface area (Å²) in [7, 11) is 0. The van der Waals surface area contributed by atoms with Crippen molar-refractivity contribution in [3.63, 3.8) is 0 Å². The van der Waals surface area contributed by atoms with Gasteiger partial charge in [0, 0.05) is 6.61 Å². The third-order valence-corrected chi connectivity index (χ3v) is 3.95. The zero-order valence-corrected chi connectivity index (χ0v) is 12.3. The summed E-state index contributed by atoms with van der Waals surface area (Å²) < 4.78 is 5.72. The van der Waals surface area contributed by atoms with Crippen molar-refractivity contribution < 1.29 is 4.74 Å². The Morgan fingerprint density at radius 1 is 1.18 bits per heavy atom. The molecule has 17 heavy (non-hydrogen) atoms. The molecular formula is C15H28OS. The Kier molecular flexibility index (Phi) is 8.04. The first-order chi connectivity index (χ1) is 8.30. The quantitative estimate of drug-likeness (QED) is 0.709. The van der Waals surface area contributed by atoms with Crippen molar-refractivity contribution in [3.8, 4) is 0 Å². The molecule has 2 fully saturated rings. The molecule has 0 spiro atoms. The molecule has 2 unspecified atom stereocenters. The summed E-state index contributed by atoms with van der Waals surface area (Å²) in [6.45, 7) is 4.94. The molecule has 0 amide bonds. The van der Waals surface area contributed by atoms with E-state index in [2.05, 4.69) is 19.6 Å². The van der Waals surface area contributed by atoms with Crippen molar-refractivity contribution in [2.75, 3.05) is 6.61 Å². The summed E-state index contributed by atoms with van der Waals surface area (Å²) >= 11 is 3.74. The predicted octanol–water partition coefficient (Wildman–Crippen LogP) is 4.83. The van der Waals surface area contributed by atoms with Crippen LogP contribution in [0.5, 0.6) is 0 Å². The van der Waals surface area contributed by atoms with Gasteiger partial charge in [-0.1, -0.05) is 31.8 Å². The highest BCUT2D eigenvalue weighted by Gasteiger charge is 2.29. The van der Waals surface area contributed by atoms with Crippen molar-refractivity contribution in [1.29, 1.82) is 0 Å². The number of thiol groups is 1. The van der Waals surface area contributed by atoms with Crippen LogP contribution < -0.4 is 0 Å². The molecule has 0 N–H and O–H groups in total. The molecule has 2 aliphatic carbocycles. The van der Waals surface area contributed by atoms with Crippen LogP contribution in [0.1, 0.15) is 58.8 Å². The van der Waals surface area contributed by atoms with Gasteiger partial charge in [0.15, 0.2) is 0 Å². The fourth-order valence-electron chi connectivity index (χ4n) is 2.67. The van der Waals surface area contributed by atoms with E-state index in [9.17, 15) is 0 Å². The van der Waals surface area contributed by atoms with E-state index in [-0.39, 0.29) is 0 Å². The smallest absolute Gasteiger partial charge is 0.0577 e. The van der Waals surface area contributed by atoms with Crippen LogP contribution in [0.2, 0.25) is 0 Å². The van der Waals surface area contributed by atoms with E-state index < -0.39 is 0 Å². The Labute approximate surface area is 112 Å². The number of rotatable bonds is 4. The summed E-state index contributed by atoms with van der Waals surface area (Å²) in [5.74, 6) is 2.10. The second kappa shape index (κ2) is 9.04. The average molecular weight is 256 g/mol. The Hall–Kier alpha value is 0.0500. The molecule has 2 saturated carbocycles. The number of hydrogen-bond donors (Lipinski definition) is 1. The van der Waals surface area contributed by atoms with Gasteiger partial charge in [-0.05, 0) is 50.4 Å². The van der Waals surface area contributed by atoms with Gasteiger partial charge in [-0.2, -0.15) is 12.6 Å². The molecule has 2 rings (SSSR count). The van der Waals surface area contributed by atoms with Gasteiger partial charge in [-0.15, -0.1) is 0 Å². The van der Waals surface area contributed by atoms with Crippen LogP contribution in [0, 0.1) is 11.8 Å². The Bertz CT molecular complexity index is 205. The van der Waals surface area contributed by atoms with Gasteiger partial charge in [0.1, 0.15) is 0 Å². The van der Waals surface area contributed by atoms with Gasteiger partial charge in [0.05, 0.1) is 6.10 Å². The monoisotopic (exact) mass is 256 g/mol. The summed E-state index contributed by atoms with van der Waals surface area (Å²) in [5, 5.41) is 1.69. The molecule has 0 aliphatic heterocycles. The number of hydrogen-bond acceptors (Lipinski definition) is 2. The SMILES string of the molecule is C/C=C/S.CCOC1CCCC(CC2CC2)C1. The highest BCUT2D eigenvalue weighted by molar-refractivity contribution is 7.83. The Balaban J connectivity index is 0.000000317. The molecule has 0 bridgehead atoms. The van der Waals surface area contributed by atoms with Gasteiger partial charge >= 0.3 is 0 Å². The minimum atomic E-state index is 0.600. The molecule has 0 aromatic carbocycles. The van der Waals surface area contributed by atoms with Crippen molar-refractivity contribution >= 4 is 12.6 Å². The van der Waals surface area contributed by atoms with Gasteiger partial charge in [-0.25, -0.2) is 0 Å². The largest absolute Gasteiger partial charge is 0.378 e. The van der Waals surface area contributed by atoms with Gasteiger partial charge < -0.3 is 4.74 Å². The summed E-state index contributed by atoms with van der Waals surface area (Å²) in [4.78, 5) is 0. The van der Waals surface area contributed by atoms with Crippen molar-refractivity contribution in [2.24, 2.45) is 11.8 Å². The molecule has 0 radical (unpaired) electrons. The van der Waals surface area contributed by atoms with Crippen LogP contribution in [0.25, 0.3) is 0 Å². The van der Waals surface area contributed by atoms with E-state index in [1.807, 2.05) is 13.0 Å². The molecule has 100 valence electrons. The lowest BCUT2D eigenvalue weighted by molar-refractivity contribution is 0.0183. The van der Waals surface area contributed by atoms with E-state index >= 15 is 0 Å². The topological polar surface area (TPSA) is 9.23 Å². The van der Waals surface area contributed by atoms with Gasteiger partial charge in [0.2, 0.25) is 0 Å². The maximum atomic E-state index is 5.72. The third kappa shape index (κ3) is 7.15. The predicted molar refractivity (Wildman–Crippen MR) is 78.5 cm³/mol. The fourth-order valence-corrected chi connectivity index (χ4v) is 2.67. The molecular weight excluding hydrogens is 228 g/mol. The minimum absolute atomic E-state index is 0.600. The summed E-state index contributed by atoms with van der Waals surface area (Å²) in [6, 6.07) is 0. The van der Waals surface area contributed by atoms with Crippen LogP contribution >= 0.6 is 12.6 Å². The number of ether oxygens (including phenoxy) is 1. The maximum Gasteiger partial charge on any atom is 0.0577 e. The first kappa shape index (κ1) is 15.1. The minimum Gasteiger partial charge on any atom is -0.378 e. The summed E-state index contributed by atoms with van der Waals surface area (Å²) in [6.07, 6.45) is 12.5. The standard InChI is InChI=1S/C12H22O.C3H6S/c1-2-13-12-5-3-4-11(9-12)8-10-6-7-10;1-2-3-4/h10-12H,2-9H2,1H3;2-4H,1H3/b;3-2+. The van der Waals surface area contributed by atoms with E-state index in [0.29, 0.717) is 6.10 Å². The first-order valence-corrected chi connectivity index (χ1v) is 7.68. The van der Waals surface area contributed by atoms with E-state index in [1.165, 1.54) is 44.9 Å². The van der Waals surface area contributed by atoms with Crippen LogP contribution in [-0.4, -0.2) is 12.7 Å². The number of allylic oxidation sites excluding steroid dienone is 1. The van der Waals surface area contributed by atoms with Crippen molar-refractivity contribution in [1.82, 2.24) is 0 Å². The second-order valence-electron chi connectivity index (χ2n) is 5.27. The van der Waals surface area contributed by atoms with Crippen LogP contribution in [0.15, 0.2) is 11.5 Å². The van der Waals surface area contributed by atoms with E-state index in [1.54, 1.807) is 5.41 Å². The van der Waals surface area contributed by atoms with Gasteiger partial charge in [0.25, 0.3) is 0 Å². The summed E-state index contributed by atoms with van der Waals surface area (Å²) in [5.41, 5.74) is 0. The van der Waals surface area contributed by atoms with Crippen LogP contribution in [-0.2, 0) is 4.74 Å². The normalized spacial score (nSPS) is 28.9.